The molecular weight excluding hydrogens is 374 g/mol. The molecule has 0 radical (unpaired) electrons. The number of nitrogens with zero attached hydrogens (tertiary/aromatic N) is 2. The Hall–Kier alpha value is -3.41. The number of aromatic nitrogens is 2. The fourth-order valence-corrected chi connectivity index (χ4v) is 3.74. The Morgan fingerprint density at radius 3 is 2.47 bits per heavy atom. The Bertz CT molecular complexity index is 1180. The van der Waals surface area contributed by atoms with E-state index in [0.717, 1.165) is 16.8 Å². The van der Waals surface area contributed by atoms with E-state index in [0.29, 0.717) is 23.5 Å². The summed E-state index contributed by atoms with van der Waals surface area (Å²) >= 11 is 0. The zero-order valence-corrected chi connectivity index (χ0v) is 18.1. The maximum Gasteiger partial charge on any atom is 0.357 e. The third-order valence-electron chi connectivity index (χ3n) is 5.42. The van der Waals surface area contributed by atoms with E-state index in [9.17, 15) is 4.79 Å². The first-order valence-electron chi connectivity index (χ1n) is 10.3. The van der Waals surface area contributed by atoms with Crippen LogP contribution in [0.2, 0.25) is 0 Å². The second-order valence-electron chi connectivity index (χ2n) is 8.24. The monoisotopic (exact) mass is 402 g/mol. The highest BCUT2D eigenvalue weighted by Gasteiger charge is 2.29. The molecule has 3 aromatic rings. The molecule has 0 bridgehead atoms. The summed E-state index contributed by atoms with van der Waals surface area (Å²) in [6.07, 6.45) is -0.365. The number of hydrogen-bond acceptors (Lipinski definition) is 4. The van der Waals surface area contributed by atoms with Crippen molar-refractivity contribution < 1.29 is 4.99 Å². The Kier molecular flexibility index (Phi) is 5.16. The first-order valence-corrected chi connectivity index (χ1v) is 10.3. The number of nitrogens with one attached hydrogen (secondary N) is 3. The third-order valence-corrected chi connectivity index (χ3v) is 5.42. The largest absolute Gasteiger partial charge is 0.357 e. The molecule has 0 spiro atoms. The molecule has 30 heavy (non-hydrogen) atoms. The molecule has 2 aromatic carbocycles. The van der Waals surface area contributed by atoms with E-state index in [1.54, 1.807) is 10.6 Å². The van der Waals surface area contributed by atoms with E-state index in [1.165, 1.54) is 11.1 Å². The highest BCUT2D eigenvalue weighted by atomic mass is 16.1. The van der Waals surface area contributed by atoms with Gasteiger partial charge in [0.05, 0.1) is 0 Å². The number of benzene rings is 2. The molecule has 1 aromatic heterocycles. The molecule has 154 valence electrons. The lowest BCUT2D eigenvalue weighted by Gasteiger charge is -2.23. The van der Waals surface area contributed by atoms with Gasteiger partial charge in [-0.3, -0.25) is 9.79 Å². The summed E-state index contributed by atoms with van der Waals surface area (Å²) in [5.41, 5.74) is 6.19. The first kappa shape index (κ1) is 19.9. The summed E-state index contributed by atoms with van der Waals surface area (Å²) in [7, 11) is 0. The zero-order valence-electron chi connectivity index (χ0n) is 18.1. The van der Waals surface area contributed by atoms with Crippen LogP contribution in [0, 0.1) is 20.8 Å². The lowest BCUT2D eigenvalue weighted by atomic mass is 10.0. The Morgan fingerprint density at radius 1 is 1.07 bits per heavy atom. The van der Waals surface area contributed by atoms with E-state index in [-0.39, 0.29) is 11.7 Å². The van der Waals surface area contributed by atoms with Crippen LogP contribution in [0.15, 0.2) is 53.3 Å². The van der Waals surface area contributed by atoms with Crippen LogP contribution in [0.4, 0.5) is 11.6 Å². The standard InChI is InChI=1S/C24H27N5O/c1-14(2)18-7-9-19(10-8-18)22-27-23(26-20-11-6-15(3)12-16(20)4)28-24-25-17(5)13-21(30)29(22)24/h6-14,22H,1-5H3,(H2,25,26,27,28)/p+1/t22-/m0/s1. The van der Waals surface area contributed by atoms with Crippen LogP contribution in [0.3, 0.4) is 0 Å². The van der Waals surface area contributed by atoms with Crippen LogP contribution >= 0.6 is 0 Å². The SMILES string of the molecule is Cc1ccc(NC2=[NH+][C@H](c3ccc(C(C)C)cc3)n3c(nc(C)cc3=O)N2)c(C)c1. The summed E-state index contributed by atoms with van der Waals surface area (Å²) < 4.78 is 1.66. The van der Waals surface area contributed by atoms with Crippen LogP contribution in [-0.4, -0.2) is 15.5 Å². The van der Waals surface area contributed by atoms with Crippen molar-refractivity contribution in [2.75, 3.05) is 10.6 Å². The van der Waals surface area contributed by atoms with Gasteiger partial charge >= 0.3 is 5.96 Å². The summed E-state index contributed by atoms with van der Waals surface area (Å²) in [5.74, 6) is 1.66. The molecule has 1 aliphatic rings. The zero-order chi connectivity index (χ0) is 21.4. The summed E-state index contributed by atoms with van der Waals surface area (Å²) in [6.45, 7) is 10.3. The topological polar surface area (TPSA) is 72.9 Å². The summed E-state index contributed by atoms with van der Waals surface area (Å²) in [4.78, 5) is 20.8. The van der Waals surface area contributed by atoms with Gasteiger partial charge in [-0.1, -0.05) is 55.8 Å². The molecule has 2 heterocycles. The molecule has 3 N–H and O–H groups in total. The summed E-state index contributed by atoms with van der Waals surface area (Å²) in [5, 5.41) is 6.67. The molecule has 0 fully saturated rings. The van der Waals surface area contributed by atoms with Crippen LogP contribution in [0.1, 0.15) is 53.9 Å². The van der Waals surface area contributed by atoms with Crippen molar-refractivity contribution in [2.24, 2.45) is 0 Å². The number of anilines is 2. The Labute approximate surface area is 176 Å². The fourth-order valence-electron chi connectivity index (χ4n) is 3.74. The minimum atomic E-state index is -0.365. The van der Waals surface area contributed by atoms with Gasteiger partial charge in [0.25, 0.3) is 11.5 Å². The molecule has 6 heteroatoms. The molecular formula is C24H28N5O+. The van der Waals surface area contributed by atoms with E-state index < -0.39 is 0 Å². The van der Waals surface area contributed by atoms with Gasteiger partial charge in [-0.25, -0.2) is 20.2 Å². The van der Waals surface area contributed by atoms with Crippen molar-refractivity contribution in [3.8, 4) is 0 Å². The van der Waals surface area contributed by atoms with Gasteiger partial charge < -0.3 is 0 Å². The average molecular weight is 403 g/mol. The molecule has 0 saturated carbocycles. The quantitative estimate of drug-likeness (QED) is 0.630. The van der Waals surface area contributed by atoms with Gasteiger partial charge in [-0.05, 0) is 43.9 Å². The van der Waals surface area contributed by atoms with Gasteiger partial charge in [0, 0.05) is 17.3 Å². The minimum Gasteiger partial charge on any atom is -0.269 e. The highest BCUT2D eigenvalue weighted by Crippen LogP contribution is 2.21. The number of hydrogen-bond donors (Lipinski definition) is 3. The number of aryl methyl sites for hydroxylation is 3. The molecule has 1 aliphatic heterocycles. The van der Waals surface area contributed by atoms with Crippen LogP contribution in [-0.2, 0) is 0 Å². The first-order chi connectivity index (χ1) is 14.3. The lowest BCUT2D eigenvalue weighted by molar-refractivity contribution is -0.520. The molecule has 0 unspecified atom stereocenters. The van der Waals surface area contributed by atoms with E-state index in [4.69, 9.17) is 0 Å². The maximum atomic E-state index is 12.8. The van der Waals surface area contributed by atoms with Crippen molar-refractivity contribution in [1.29, 1.82) is 0 Å². The van der Waals surface area contributed by atoms with Crippen molar-refractivity contribution >= 4 is 17.6 Å². The molecule has 0 amide bonds. The molecule has 0 saturated heterocycles. The van der Waals surface area contributed by atoms with Crippen molar-refractivity contribution in [3.63, 3.8) is 0 Å². The molecule has 0 aliphatic carbocycles. The van der Waals surface area contributed by atoms with Gasteiger partial charge in [-0.2, -0.15) is 0 Å². The van der Waals surface area contributed by atoms with Crippen molar-refractivity contribution in [1.82, 2.24) is 9.55 Å². The van der Waals surface area contributed by atoms with Crippen molar-refractivity contribution in [3.05, 3.63) is 86.8 Å². The van der Waals surface area contributed by atoms with E-state index in [1.807, 2.05) is 6.92 Å². The number of fused-ring (bicyclic) bond motifs is 1. The summed E-state index contributed by atoms with van der Waals surface area (Å²) in [6, 6.07) is 16.2. The van der Waals surface area contributed by atoms with E-state index >= 15 is 0 Å². The second kappa shape index (κ2) is 7.78. The minimum absolute atomic E-state index is 0.0963. The van der Waals surface area contributed by atoms with Gasteiger partial charge in [0.2, 0.25) is 0 Å². The predicted octanol–water partition coefficient (Wildman–Crippen LogP) is 2.81. The highest BCUT2D eigenvalue weighted by molar-refractivity contribution is 5.99. The van der Waals surface area contributed by atoms with Gasteiger partial charge in [0.1, 0.15) is 5.69 Å². The molecule has 1 atom stereocenters. The van der Waals surface area contributed by atoms with Crippen molar-refractivity contribution in [2.45, 2.75) is 46.7 Å². The van der Waals surface area contributed by atoms with Gasteiger partial charge in [0.15, 0.2) is 6.17 Å². The Morgan fingerprint density at radius 2 is 1.80 bits per heavy atom. The lowest BCUT2D eigenvalue weighted by Crippen LogP contribution is -2.82. The fraction of sp³-hybridized carbons (Fsp3) is 0.292. The van der Waals surface area contributed by atoms with Crippen LogP contribution in [0.25, 0.3) is 0 Å². The molecule has 6 nitrogen and oxygen atoms in total. The molecule has 4 rings (SSSR count). The van der Waals surface area contributed by atoms with Gasteiger partial charge in [-0.15, -0.1) is 0 Å². The average Bonchev–Trinajstić information content (AvgIpc) is 2.69. The van der Waals surface area contributed by atoms with Crippen LogP contribution < -0.4 is 21.2 Å². The number of rotatable bonds is 3. The smallest absolute Gasteiger partial charge is 0.269 e. The second-order valence-corrected chi connectivity index (χ2v) is 8.24. The van der Waals surface area contributed by atoms with Crippen LogP contribution in [0.5, 0.6) is 0 Å². The Balaban J connectivity index is 1.78. The normalized spacial score (nSPS) is 15.4. The predicted molar refractivity (Wildman–Crippen MR) is 121 cm³/mol. The maximum absolute atomic E-state index is 12.8. The third kappa shape index (κ3) is 3.85. The van der Waals surface area contributed by atoms with E-state index in [2.05, 4.69) is 90.8 Å². The number of guanidine groups is 1.